The van der Waals surface area contributed by atoms with Crippen LogP contribution in [0.25, 0.3) is 0 Å². The van der Waals surface area contributed by atoms with Gasteiger partial charge in [0.2, 0.25) is 0 Å². The van der Waals surface area contributed by atoms with Crippen molar-refractivity contribution >= 4 is 39.8 Å². The third-order valence-corrected chi connectivity index (χ3v) is 5.10. The lowest BCUT2D eigenvalue weighted by Gasteiger charge is -2.11. The summed E-state index contributed by atoms with van der Waals surface area (Å²) in [5, 5.41) is 6.20. The van der Waals surface area contributed by atoms with Crippen molar-refractivity contribution in [2.24, 2.45) is 4.99 Å². The number of nitrogens with zero attached hydrogens (tertiary/aromatic N) is 1. The SMILES string of the molecule is CCNC(=NCc1ccccc1)NCCS(=O)(=O)c1ccccc1.I. The van der Waals surface area contributed by atoms with Gasteiger partial charge in [0, 0.05) is 13.1 Å². The first kappa shape index (κ1) is 21.4. The molecule has 0 amide bonds. The van der Waals surface area contributed by atoms with Crippen LogP contribution in [0.4, 0.5) is 0 Å². The molecule has 0 heterocycles. The molecule has 0 spiro atoms. The highest BCUT2D eigenvalue weighted by Crippen LogP contribution is 2.09. The molecule has 0 radical (unpaired) electrons. The average Bonchev–Trinajstić information content (AvgIpc) is 2.61. The summed E-state index contributed by atoms with van der Waals surface area (Å²) in [5.74, 6) is 0.636. The zero-order valence-electron chi connectivity index (χ0n) is 14.2. The van der Waals surface area contributed by atoms with Crippen molar-refractivity contribution in [3.05, 3.63) is 66.2 Å². The molecule has 2 N–H and O–H groups in total. The van der Waals surface area contributed by atoms with Crippen molar-refractivity contribution < 1.29 is 8.42 Å². The van der Waals surface area contributed by atoms with E-state index in [1.54, 1.807) is 30.3 Å². The van der Waals surface area contributed by atoms with E-state index in [4.69, 9.17) is 0 Å². The maximum absolute atomic E-state index is 12.3. The Balaban J connectivity index is 0.00000312. The fourth-order valence-electron chi connectivity index (χ4n) is 2.14. The van der Waals surface area contributed by atoms with Gasteiger partial charge in [-0.3, -0.25) is 0 Å². The van der Waals surface area contributed by atoms with Crippen LogP contribution in [0.1, 0.15) is 12.5 Å². The van der Waals surface area contributed by atoms with Gasteiger partial charge in [-0.25, -0.2) is 13.4 Å². The van der Waals surface area contributed by atoms with Gasteiger partial charge >= 0.3 is 0 Å². The molecule has 0 atom stereocenters. The van der Waals surface area contributed by atoms with E-state index >= 15 is 0 Å². The number of hydrogen-bond donors (Lipinski definition) is 2. The highest BCUT2D eigenvalue weighted by atomic mass is 127. The van der Waals surface area contributed by atoms with Gasteiger partial charge in [-0.15, -0.1) is 24.0 Å². The summed E-state index contributed by atoms with van der Waals surface area (Å²) in [7, 11) is -3.28. The Bertz CT molecular complexity index is 750. The van der Waals surface area contributed by atoms with E-state index in [0.717, 1.165) is 5.56 Å². The molecule has 2 aromatic rings. The first-order valence-corrected chi connectivity index (χ1v) is 9.61. The van der Waals surface area contributed by atoms with Gasteiger partial charge < -0.3 is 10.6 Å². The van der Waals surface area contributed by atoms with Crippen LogP contribution < -0.4 is 10.6 Å². The number of rotatable bonds is 7. The van der Waals surface area contributed by atoms with Crippen LogP contribution in [0, 0.1) is 0 Å². The summed E-state index contributed by atoms with van der Waals surface area (Å²) in [5.41, 5.74) is 1.10. The minimum absolute atomic E-state index is 0. The lowest BCUT2D eigenvalue weighted by atomic mass is 10.2. The van der Waals surface area contributed by atoms with Crippen molar-refractivity contribution in [2.75, 3.05) is 18.8 Å². The fraction of sp³-hybridized carbons (Fsp3) is 0.278. The first-order valence-electron chi connectivity index (χ1n) is 7.96. The quantitative estimate of drug-likeness (QED) is 0.369. The van der Waals surface area contributed by atoms with Gasteiger partial charge in [0.1, 0.15) is 0 Å². The van der Waals surface area contributed by atoms with Crippen LogP contribution in [0.3, 0.4) is 0 Å². The van der Waals surface area contributed by atoms with Crippen LogP contribution in [-0.4, -0.2) is 33.2 Å². The van der Waals surface area contributed by atoms with E-state index in [-0.39, 0.29) is 29.7 Å². The third kappa shape index (κ3) is 7.43. The minimum Gasteiger partial charge on any atom is -0.357 e. The molecule has 2 aromatic carbocycles. The van der Waals surface area contributed by atoms with Crippen LogP contribution in [0.5, 0.6) is 0 Å². The van der Waals surface area contributed by atoms with Gasteiger partial charge in [-0.05, 0) is 24.6 Å². The summed E-state index contributed by atoms with van der Waals surface area (Å²) in [6.07, 6.45) is 0. The highest BCUT2D eigenvalue weighted by molar-refractivity contribution is 14.0. The molecule has 7 heteroatoms. The number of aliphatic imine (C=N–C) groups is 1. The number of nitrogens with one attached hydrogen (secondary N) is 2. The van der Waals surface area contributed by atoms with Crippen LogP contribution >= 0.6 is 24.0 Å². The molecule has 0 saturated carbocycles. The number of hydrogen-bond acceptors (Lipinski definition) is 3. The summed E-state index contributed by atoms with van der Waals surface area (Å²) >= 11 is 0. The van der Waals surface area contributed by atoms with Crippen molar-refractivity contribution in [3.63, 3.8) is 0 Å². The van der Waals surface area contributed by atoms with Gasteiger partial charge in [0.25, 0.3) is 0 Å². The summed E-state index contributed by atoms with van der Waals surface area (Å²) < 4.78 is 24.5. The monoisotopic (exact) mass is 473 g/mol. The molecule has 0 aliphatic heterocycles. The number of sulfone groups is 1. The predicted molar refractivity (Wildman–Crippen MR) is 113 cm³/mol. The second kappa shape index (κ2) is 11.1. The first-order chi connectivity index (χ1) is 11.6. The zero-order chi connectivity index (χ0) is 17.3. The van der Waals surface area contributed by atoms with E-state index in [1.807, 2.05) is 37.3 Å². The van der Waals surface area contributed by atoms with E-state index in [1.165, 1.54) is 0 Å². The lowest BCUT2D eigenvalue weighted by molar-refractivity contribution is 0.594. The Kier molecular flexibility index (Phi) is 9.51. The molecule has 0 unspecified atom stereocenters. The molecule has 0 saturated heterocycles. The topological polar surface area (TPSA) is 70.6 Å². The standard InChI is InChI=1S/C18H23N3O2S.HI/c1-2-19-18(21-15-16-9-5-3-6-10-16)20-13-14-24(22,23)17-11-7-4-8-12-17;/h3-12H,2,13-15H2,1H3,(H2,19,20,21);1H. The second-order valence-electron chi connectivity index (χ2n) is 5.24. The lowest BCUT2D eigenvalue weighted by Crippen LogP contribution is -2.39. The molecule has 136 valence electrons. The summed E-state index contributed by atoms with van der Waals surface area (Å²) in [4.78, 5) is 4.82. The number of benzene rings is 2. The van der Waals surface area contributed by atoms with Crippen molar-refractivity contribution in [3.8, 4) is 0 Å². The van der Waals surface area contributed by atoms with Crippen LogP contribution in [-0.2, 0) is 16.4 Å². The molecule has 5 nitrogen and oxygen atoms in total. The summed E-state index contributed by atoms with van der Waals surface area (Å²) in [6, 6.07) is 18.4. The molecule has 0 bridgehead atoms. The molecule has 2 rings (SSSR count). The van der Waals surface area contributed by atoms with Gasteiger partial charge in [0.05, 0.1) is 17.2 Å². The Labute approximate surface area is 166 Å². The Morgan fingerprint density at radius 1 is 0.960 bits per heavy atom. The van der Waals surface area contributed by atoms with E-state index in [2.05, 4.69) is 15.6 Å². The van der Waals surface area contributed by atoms with E-state index in [0.29, 0.717) is 30.5 Å². The molecule has 0 aliphatic rings. The van der Waals surface area contributed by atoms with Crippen molar-refractivity contribution in [1.29, 1.82) is 0 Å². The molecule has 25 heavy (non-hydrogen) atoms. The molecule has 0 aromatic heterocycles. The van der Waals surface area contributed by atoms with Gasteiger partial charge in [-0.1, -0.05) is 48.5 Å². The largest absolute Gasteiger partial charge is 0.357 e. The summed E-state index contributed by atoms with van der Waals surface area (Å²) in [6.45, 7) is 3.53. The van der Waals surface area contributed by atoms with E-state index in [9.17, 15) is 8.42 Å². The fourth-order valence-corrected chi connectivity index (χ4v) is 3.32. The number of halogens is 1. The second-order valence-corrected chi connectivity index (χ2v) is 7.35. The van der Waals surface area contributed by atoms with Crippen LogP contribution in [0.2, 0.25) is 0 Å². The molecule has 0 fully saturated rings. The molecular formula is C18H24IN3O2S. The zero-order valence-corrected chi connectivity index (χ0v) is 17.3. The maximum Gasteiger partial charge on any atom is 0.191 e. The van der Waals surface area contributed by atoms with Crippen molar-refractivity contribution in [2.45, 2.75) is 18.4 Å². The normalized spacial score (nSPS) is 11.5. The average molecular weight is 473 g/mol. The predicted octanol–water partition coefficient (Wildman–Crippen LogP) is 2.83. The Hall–Kier alpha value is -1.61. The Morgan fingerprint density at radius 3 is 2.16 bits per heavy atom. The smallest absolute Gasteiger partial charge is 0.191 e. The number of guanidine groups is 1. The third-order valence-electron chi connectivity index (χ3n) is 3.37. The highest BCUT2D eigenvalue weighted by Gasteiger charge is 2.13. The van der Waals surface area contributed by atoms with Crippen LogP contribution in [0.15, 0.2) is 70.6 Å². The van der Waals surface area contributed by atoms with Gasteiger partial charge in [-0.2, -0.15) is 0 Å². The minimum atomic E-state index is -3.28. The molecular weight excluding hydrogens is 449 g/mol. The molecule has 0 aliphatic carbocycles. The van der Waals surface area contributed by atoms with Gasteiger partial charge in [0.15, 0.2) is 15.8 Å². The van der Waals surface area contributed by atoms with Crippen molar-refractivity contribution in [1.82, 2.24) is 10.6 Å². The van der Waals surface area contributed by atoms with E-state index < -0.39 is 9.84 Å². The maximum atomic E-state index is 12.3. The Morgan fingerprint density at radius 2 is 1.56 bits per heavy atom.